The molecule has 3 heterocycles. The summed E-state index contributed by atoms with van der Waals surface area (Å²) in [4.78, 5) is 51.5. The Morgan fingerprint density at radius 3 is 2.48 bits per heavy atom. The van der Waals surface area contributed by atoms with Crippen LogP contribution < -0.4 is 10.6 Å². The molecule has 1 aliphatic heterocycles. The molecular weight excluding hydrogens is 448 g/mol. The number of carbonyl (C=O) groups is 4. The van der Waals surface area contributed by atoms with Crippen LogP contribution in [0.5, 0.6) is 0 Å². The zero-order valence-corrected chi connectivity index (χ0v) is 19.7. The Morgan fingerprint density at radius 2 is 1.88 bits per heavy atom. The maximum absolute atomic E-state index is 12.7. The fraction of sp³-hybridized carbons (Fsp3) is 0.391. The van der Waals surface area contributed by atoms with Crippen molar-refractivity contribution < 1.29 is 33.1 Å². The molecule has 2 amide bonds. The van der Waals surface area contributed by atoms with Gasteiger partial charge in [0.2, 0.25) is 0 Å². The van der Waals surface area contributed by atoms with Crippen LogP contribution in [0.15, 0.2) is 33.9 Å². The Kier molecular flexibility index (Phi) is 7.70. The van der Waals surface area contributed by atoms with Crippen LogP contribution >= 0.6 is 11.3 Å². The van der Waals surface area contributed by atoms with E-state index < -0.39 is 24.0 Å². The number of aryl methyl sites for hydroxylation is 3. The number of nitrogens with one attached hydrogen (secondary N) is 2. The van der Waals surface area contributed by atoms with Crippen LogP contribution in [-0.2, 0) is 19.1 Å². The van der Waals surface area contributed by atoms with Crippen molar-refractivity contribution in [3.63, 3.8) is 0 Å². The van der Waals surface area contributed by atoms with Crippen LogP contribution in [0.3, 0.4) is 0 Å². The van der Waals surface area contributed by atoms with Crippen LogP contribution in [0.4, 0.5) is 4.79 Å². The van der Waals surface area contributed by atoms with E-state index in [0.717, 1.165) is 9.75 Å². The van der Waals surface area contributed by atoms with Gasteiger partial charge in [-0.25, -0.2) is 9.59 Å². The number of urea groups is 1. The van der Waals surface area contributed by atoms with E-state index >= 15 is 0 Å². The molecule has 0 saturated heterocycles. The molecule has 33 heavy (non-hydrogen) atoms. The van der Waals surface area contributed by atoms with E-state index in [-0.39, 0.29) is 43.1 Å². The molecule has 0 unspecified atom stereocenters. The summed E-state index contributed by atoms with van der Waals surface area (Å²) in [5.74, 6) is -0.477. The highest BCUT2D eigenvalue weighted by atomic mass is 32.1. The maximum atomic E-state index is 12.7. The zero-order valence-electron chi connectivity index (χ0n) is 18.9. The van der Waals surface area contributed by atoms with E-state index in [9.17, 15) is 19.2 Å². The largest absolute Gasteiger partial charge is 0.464 e. The van der Waals surface area contributed by atoms with Gasteiger partial charge in [-0.2, -0.15) is 0 Å². The van der Waals surface area contributed by atoms with Gasteiger partial charge in [-0.3, -0.25) is 9.59 Å². The van der Waals surface area contributed by atoms with E-state index in [1.54, 1.807) is 26.0 Å². The lowest BCUT2D eigenvalue weighted by Crippen LogP contribution is -2.47. The molecule has 176 valence electrons. The summed E-state index contributed by atoms with van der Waals surface area (Å²) in [7, 11) is 0. The van der Waals surface area contributed by atoms with Crippen LogP contribution in [0.25, 0.3) is 0 Å². The third kappa shape index (κ3) is 5.89. The summed E-state index contributed by atoms with van der Waals surface area (Å²) < 4.78 is 16.0. The first-order chi connectivity index (χ1) is 15.7. The summed E-state index contributed by atoms with van der Waals surface area (Å²) >= 11 is 1.53. The second-order valence-electron chi connectivity index (χ2n) is 7.50. The van der Waals surface area contributed by atoms with Crippen molar-refractivity contribution >= 4 is 35.1 Å². The lowest BCUT2D eigenvalue weighted by molar-refractivity contribution is -0.143. The third-order valence-corrected chi connectivity index (χ3v) is 5.94. The quantitative estimate of drug-likeness (QED) is 0.420. The van der Waals surface area contributed by atoms with Crippen molar-refractivity contribution in [2.24, 2.45) is 0 Å². The second kappa shape index (κ2) is 10.5. The van der Waals surface area contributed by atoms with Gasteiger partial charge < -0.3 is 24.5 Å². The predicted octanol–water partition coefficient (Wildman–Crippen LogP) is 3.64. The van der Waals surface area contributed by atoms with Crippen molar-refractivity contribution in [1.82, 2.24) is 10.6 Å². The number of rotatable bonds is 9. The number of hydrogen-bond donors (Lipinski definition) is 2. The highest BCUT2D eigenvalue weighted by Gasteiger charge is 2.36. The Labute approximate surface area is 195 Å². The fourth-order valence-corrected chi connectivity index (χ4v) is 4.43. The molecule has 2 aromatic heterocycles. The number of carbonyl (C=O) groups excluding carboxylic acids is 4. The minimum absolute atomic E-state index is 0.00183. The molecule has 2 aromatic rings. The molecule has 0 spiro atoms. The molecule has 0 aromatic carbocycles. The van der Waals surface area contributed by atoms with Gasteiger partial charge in [0.15, 0.2) is 5.78 Å². The van der Waals surface area contributed by atoms with Crippen molar-refractivity contribution in [2.75, 3.05) is 13.2 Å². The fourth-order valence-electron chi connectivity index (χ4n) is 3.49. The SMILES string of the molecule is CCOC(=O)C1=C(COC(=O)CCC(=O)c2cc(C)sc2C)NC(=O)N[C@H]1c1ccc(C)o1. The lowest BCUT2D eigenvalue weighted by atomic mass is 10.0. The number of amides is 2. The molecule has 9 nitrogen and oxygen atoms in total. The van der Waals surface area contributed by atoms with Gasteiger partial charge in [0, 0.05) is 21.7 Å². The summed E-state index contributed by atoms with van der Waals surface area (Å²) in [5, 5.41) is 5.14. The molecule has 1 aliphatic rings. The third-order valence-electron chi connectivity index (χ3n) is 4.97. The van der Waals surface area contributed by atoms with Gasteiger partial charge in [-0.1, -0.05) is 0 Å². The minimum atomic E-state index is -0.897. The van der Waals surface area contributed by atoms with Gasteiger partial charge in [-0.15, -0.1) is 11.3 Å². The maximum Gasteiger partial charge on any atom is 0.338 e. The molecular formula is C23H26N2O7S. The Hall–Kier alpha value is -3.40. The van der Waals surface area contributed by atoms with Crippen LogP contribution in [0.1, 0.15) is 57.4 Å². The number of thiophene rings is 1. The molecule has 0 fully saturated rings. The lowest BCUT2D eigenvalue weighted by Gasteiger charge is -2.27. The van der Waals surface area contributed by atoms with Crippen LogP contribution in [0, 0.1) is 20.8 Å². The summed E-state index contributed by atoms with van der Waals surface area (Å²) in [6.45, 7) is 6.94. The number of esters is 2. The van der Waals surface area contributed by atoms with Gasteiger partial charge in [0.1, 0.15) is 24.2 Å². The number of hydrogen-bond acceptors (Lipinski definition) is 8. The summed E-state index contributed by atoms with van der Waals surface area (Å²) in [6, 6.07) is 3.69. The molecule has 2 N–H and O–H groups in total. The van der Waals surface area contributed by atoms with E-state index in [0.29, 0.717) is 17.1 Å². The van der Waals surface area contributed by atoms with Gasteiger partial charge >= 0.3 is 18.0 Å². The van der Waals surface area contributed by atoms with E-state index in [2.05, 4.69) is 10.6 Å². The van der Waals surface area contributed by atoms with E-state index in [1.165, 1.54) is 11.3 Å². The topological polar surface area (TPSA) is 124 Å². The van der Waals surface area contributed by atoms with E-state index in [1.807, 2.05) is 19.9 Å². The predicted molar refractivity (Wildman–Crippen MR) is 120 cm³/mol. The summed E-state index contributed by atoms with van der Waals surface area (Å²) in [6.07, 6.45) is -0.121. The van der Waals surface area contributed by atoms with Crippen molar-refractivity contribution in [3.8, 4) is 0 Å². The normalized spacial score (nSPS) is 15.6. The Morgan fingerprint density at radius 1 is 1.12 bits per heavy atom. The number of furan rings is 1. The second-order valence-corrected chi connectivity index (χ2v) is 8.96. The van der Waals surface area contributed by atoms with Crippen LogP contribution in [-0.4, -0.2) is 37.0 Å². The number of Topliss-reactive ketones (excluding diaryl/α,β-unsaturated/α-hetero) is 1. The molecule has 0 bridgehead atoms. The van der Waals surface area contributed by atoms with Crippen molar-refractivity contribution in [3.05, 3.63) is 56.3 Å². The van der Waals surface area contributed by atoms with Gasteiger partial charge in [0.25, 0.3) is 0 Å². The molecule has 1 atom stereocenters. The minimum Gasteiger partial charge on any atom is -0.464 e. The highest BCUT2D eigenvalue weighted by Crippen LogP contribution is 2.29. The Bertz CT molecular complexity index is 1110. The smallest absolute Gasteiger partial charge is 0.338 e. The monoisotopic (exact) mass is 474 g/mol. The van der Waals surface area contributed by atoms with Gasteiger partial charge in [-0.05, 0) is 45.9 Å². The zero-order chi connectivity index (χ0) is 24.1. The Balaban J connectivity index is 1.72. The van der Waals surface area contributed by atoms with Crippen molar-refractivity contribution in [1.29, 1.82) is 0 Å². The number of ether oxygens (including phenoxy) is 2. The highest BCUT2D eigenvalue weighted by molar-refractivity contribution is 7.12. The average molecular weight is 475 g/mol. The first-order valence-electron chi connectivity index (χ1n) is 10.5. The first kappa shape index (κ1) is 24.2. The molecule has 10 heteroatoms. The average Bonchev–Trinajstić information content (AvgIpc) is 3.34. The molecule has 0 saturated carbocycles. The molecule has 0 radical (unpaired) electrons. The summed E-state index contributed by atoms with van der Waals surface area (Å²) in [5.41, 5.74) is 0.791. The standard InChI is InChI=1S/C23H26N2O7S/c1-5-30-22(28)20-16(24-23(29)25-21(20)18-8-6-12(2)32-18)11-31-19(27)9-7-17(26)15-10-13(3)33-14(15)4/h6,8,10,21H,5,7,9,11H2,1-4H3,(H2,24,25,29)/t21-/m0/s1. The number of ketones is 1. The first-order valence-corrected chi connectivity index (χ1v) is 11.3. The molecule has 3 rings (SSSR count). The van der Waals surface area contributed by atoms with Crippen molar-refractivity contribution in [2.45, 2.75) is 46.6 Å². The van der Waals surface area contributed by atoms with Gasteiger partial charge in [0.05, 0.1) is 24.3 Å². The van der Waals surface area contributed by atoms with E-state index in [4.69, 9.17) is 13.9 Å². The molecule has 0 aliphatic carbocycles. The van der Waals surface area contributed by atoms with Crippen LogP contribution in [0.2, 0.25) is 0 Å².